The Labute approximate surface area is 221 Å². The van der Waals surface area contributed by atoms with Crippen molar-refractivity contribution in [2.24, 2.45) is 5.92 Å². The molecule has 5 nitrogen and oxygen atoms in total. The number of rotatable bonds is 11. The number of carbonyl (C=O) groups is 2. The van der Waals surface area contributed by atoms with Crippen molar-refractivity contribution in [2.45, 2.75) is 32.9 Å². The summed E-state index contributed by atoms with van der Waals surface area (Å²) in [4.78, 5) is 28.4. The second kappa shape index (κ2) is 13.3. The van der Waals surface area contributed by atoms with Gasteiger partial charge in [-0.15, -0.1) is 0 Å². The second-order valence-electron chi connectivity index (χ2n) is 8.79. The zero-order valence-electron chi connectivity index (χ0n) is 20.2. The minimum absolute atomic E-state index is 0.0232. The van der Waals surface area contributed by atoms with Crippen LogP contribution in [0.15, 0.2) is 72.8 Å². The van der Waals surface area contributed by atoms with Crippen LogP contribution in [0, 0.1) is 11.7 Å². The normalized spacial score (nSPS) is 11.7. The molecule has 0 radical (unpaired) electrons. The summed E-state index contributed by atoms with van der Waals surface area (Å²) in [6, 6.07) is 19.4. The Morgan fingerprint density at radius 1 is 0.944 bits per heavy atom. The van der Waals surface area contributed by atoms with Crippen LogP contribution in [0.5, 0.6) is 5.75 Å². The Morgan fingerprint density at radius 2 is 1.58 bits per heavy atom. The molecule has 3 aromatic rings. The molecule has 0 aliphatic rings. The van der Waals surface area contributed by atoms with Crippen molar-refractivity contribution in [3.63, 3.8) is 0 Å². The first-order valence-corrected chi connectivity index (χ1v) is 12.4. The molecule has 0 fully saturated rings. The number of ether oxygens (including phenoxy) is 1. The van der Waals surface area contributed by atoms with Gasteiger partial charge >= 0.3 is 0 Å². The highest BCUT2D eigenvalue weighted by atomic mass is 35.5. The average Bonchev–Trinajstić information content (AvgIpc) is 2.86. The van der Waals surface area contributed by atoms with E-state index >= 15 is 0 Å². The second-order valence-corrected chi connectivity index (χ2v) is 9.60. The molecule has 0 aromatic heterocycles. The van der Waals surface area contributed by atoms with Gasteiger partial charge in [-0.1, -0.05) is 85.6 Å². The Bertz CT molecular complexity index is 1150. The number of hydrogen-bond donors (Lipinski definition) is 1. The van der Waals surface area contributed by atoms with Gasteiger partial charge in [-0.25, -0.2) is 4.39 Å². The minimum atomic E-state index is -0.879. The first-order chi connectivity index (χ1) is 17.3. The van der Waals surface area contributed by atoms with Crippen LogP contribution in [0.2, 0.25) is 10.0 Å². The molecule has 0 saturated carbocycles. The molecule has 0 bridgehead atoms. The fraction of sp³-hybridized carbons (Fsp3) is 0.286. The third-order valence-corrected chi connectivity index (χ3v) is 6.24. The van der Waals surface area contributed by atoms with Crippen LogP contribution < -0.4 is 10.1 Å². The highest BCUT2D eigenvalue weighted by Gasteiger charge is 2.31. The summed E-state index contributed by atoms with van der Waals surface area (Å²) in [5.74, 6) is -1.23. The molecule has 1 N–H and O–H groups in total. The van der Waals surface area contributed by atoms with E-state index in [1.54, 1.807) is 24.3 Å². The van der Waals surface area contributed by atoms with Crippen molar-refractivity contribution in [1.82, 2.24) is 10.2 Å². The lowest BCUT2D eigenvalue weighted by Gasteiger charge is -2.32. The molecule has 8 heteroatoms. The van der Waals surface area contributed by atoms with E-state index in [0.717, 1.165) is 5.56 Å². The average molecular weight is 531 g/mol. The van der Waals surface area contributed by atoms with Gasteiger partial charge in [0.1, 0.15) is 6.04 Å². The van der Waals surface area contributed by atoms with Gasteiger partial charge in [-0.05, 0) is 35.7 Å². The number of para-hydroxylation sites is 1. The van der Waals surface area contributed by atoms with Gasteiger partial charge in [0, 0.05) is 35.1 Å². The van der Waals surface area contributed by atoms with E-state index in [9.17, 15) is 14.0 Å². The van der Waals surface area contributed by atoms with E-state index < -0.39 is 24.4 Å². The quantitative estimate of drug-likeness (QED) is 0.334. The third-order valence-electron chi connectivity index (χ3n) is 5.53. The lowest BCUT2D eigenvalue weighted by Crippen LogP contribution is -2.52. The molecule has 2 amide bonds. The van der Waals surface area contributed by atoms with E-state index in [0.29, 0.717) is 22.2 Å². The molecule has 3 rings (SSSR count). The standard InChI is InChI=1S/C28H29Cl2FN2O3/c1-19(2)16-32-28(35)25(15-20-9-4-3-5-10-20)33(17-21-22(29)11-8-12-23(21)30)27(34)18-36-26-14-7-6-13-24(26)31/h3-14,19,25H,15-18H2,1-2H3,(H,32,35). The van der Waals surface area contributed by atoms with Gasteiger partial charge in [0.2, 0.25) is 5.91 Å². The molecule has 0 spiro atoms. The first-order valence-electron chi connectivity index (χ1n) is 11.7. The predicted octanol–water partition coefficient (Wildman–Crippen LogP) is 5.92. The molecule has 3 aromatic carbocycles. The Hall–Kier alpha value is -3.09. The zero-order chi connectivity index (χ0) is 26.1. The minimum Gasteiger partial charge on any atom is -0.481 e. The zero-order valence-corrected chi connectivity index (χ0v) is 21.7. The predicted molar refractivity (Wildman–Crippen MR) is 141 cm³/mol. The van der Waals surface area contributed by atoms with Crippen LogP contribution in [0.1, 0.15) is 25.0 Å². The summed E-state index contributed by atoms with van der Waals surface area (Å²) in [6.07, 6.45) is 0.262. The summed E-state index contributed by atoms with van der Waals surface area (Å²) >= 11 is 12.8. The van der Waals surface area contributed by atoms with Crippen LogP contribution in [0.4, 0.5) is 4.39 Å². The van der Waals surface area contributed by atoms with E-state index in [1.807, 2.05) is 44.2 Å². The lowest BCUT2D eigenvalue weighted by atomic mass is 10.0. The SMILES string of the molecule is CC(C)CNC(=O)C(Cc1ccccc1)N(Cc1c(Cl)cccc1Cl)C(=O)COc1ccccc1F. The number of carbonyl (C=O) groups excluding carboxylic acids is 2. The van der Waals surface area contributed by atoms with Crippen LogP contribution in [0.25, 0.3) is 0 Å². The van der Waals surface area contributed by atoms with Crippen LogP contribution >= 0.6 is 23.2 Å². The van der Waals surface area contributed by atoms with Crippen molar-refractivity contribution in [1.29, 1.82) is 0 Å². The van der Waals surface area contributed by atoms with Crippen LogP contribution in [-0.2, 0) is 22.6 Å². The maximum atomic E-state index is 14.1. The molecule has 0 heterocycles. The highest BCUT2D eigenvalue weighted by Crippen LogP contribution is 2.27. The first kappa shape index (κ1) is 27.5. The number of hydrogen-bond acceptors (Lipinski definition) is 3. The topological polar surface area (TPSA) is 58.6 Å². The van der Waals surface area contributed by atoms with E-state index in [-0.39, 0.29) is 30.5 Å². The highest BCUT2D eigenvalue weighted by molar-refractivity contribution is 6.36. The summed E-state index contributed by atoms with van der Waals surface area (Å²) in [5.41, 5.74) is 1.38. The van der Waals surface area contributed by atoms with Crippen molar-refractivity contribution in [3.05, 3.63) is 99.8 Å². The maximum Gasteiger partial charge on any atom is 0.261 e. The summed E-state index contributed by atoms with van der Waals surface area (Å²) in [5, 5.41) is 3.68. The maximum absolute atomic E-state index is 14.1. The number of nitrogens with one attached hydrogen (secondary N) is 1. The number of nitrogens with zero attached hydrogens (tertiary/aromatic N) is 1. The number of halogens is 3. The third kappa shape index (κ3) is 7.70. The van der Waals surface area contributed by atoms with Gasteiger partial charge in [0.15, 0.2) is 18.2 Å². The Morgan fingerprint density at radius 3 is 2.22 bits per heavy atom. The van der Waals surface area contributed by atoms with Gasteiger partial charge in [-0.3, -0.25) is 9.59 Å². The van der Waals surface area contributed by atoms with Crippen molar-refractivity contribution in [3.8, 4) is 5.75 Å². The molecule has 1 unspecified atom stereocenters. The molecule has 36 heavy (non-hydrogen) atoms. The van der Waals surface area contributed by atoms with Crippen LogP contribution in [0.3, 0.4) is 0 Å². The lowest BCUT2D eigenvalue weighted by molar-refractivity contribution is -0.142. The molecule has 0 saturated heterocycles. The van der Waals surface area contributed by atoms with Gasteiger partial charge in [0.25, 0.3) is 5.91 Å². The van der Waals surface area contributed by atoms with E-state index in [4.69, 9.17) is 27.9 Å². The molecular weight excluding hydrogens is 502 g/mol. The number of benzene rings is 3. The smallest absolute Gasteiger partial charge is 0.261 e. The monoisotopic (exact) mass is 530 g/mol. The molecule has 190 valence electrons. The largest absolute Gasteiger partial charge is 0.481 e. The van der Waals surface area contributed by atoms with Gasteiger partial charge in [0.05, 0.1) is 0 Å². The Balaban J connectivity index is 1.96. The fourth-order valence-corrected chi connectivity index (χ4v) is 4.13. The summed E-state index contributed by atoms with van der Waals surface area (Å²) < 4.78 is 19.6. The van der Waals surface area contributed by atoms with Crippen molar-refractivity contribution < 1.29 is 18.7 Å². The Kier molecular flexibility index (Phi) is 10.1. The molecular formula is C28H29Cl2FN2O3. The molecule has 1 atom stereocenters. The van der Waals surface area contributed by atoms with Gasteiger partial charge < -0.3 is 15.0 Å². The van der Waals surface area contributed by atoms with Crippen molar-refractivity contribution in [2.75, 3.05) is 13.2 Å². The summed E-state index contributed by atoms with van der Waals surface area (Å²) in [7, 11) is 0. The van der Waals surface area contributed by atoms with Gasteiger partial charge in [-0.2, -0.15) is 0 Å². The molecule has 0 aliphatic carbocycles. The van der Waals surface area contributed by atoms with Crippen molar-refractivity contribution >= 4 is 35.0 Å². The summed E-state index contributed by atoms with van der Waals surface area (Å²) in [6.45, 7) is 3.93. The fourth-order valence-electron chi connectivity index (χ4n) is 3.61. The van der Waals surface area contributed by atoms with E-state index in [2.05, 4.69) is 5.32 Å². The molecule has 0 aliphatic heterocycles. The number of amides is 2. The van der Waals surface area contributed by atoms with E-state index in [1.165, 1.54) is 23.1 Å². The van der Waals surface area contributed by atoms with Crippen LogP contribution in [-0.4, -0.2) is 35.9 Å².